The molecule has 0 atom stereocenters. The van der Waals surface area contributed by atoms with Crippen molar-refractivity contribution in [3.05, 3.63) is 95.1 Å². The fourth-order valence-electron chi connectivity index (χ4n) is 2.44. The van der Waals surface area contributed by atoms with Crippen LogP contribution < -0.4 is 10.6 Å². The van der Waals surface area contributed by atoms with Gasteiger partial charge < -0.3 is 10.6 Å². The number of hydrogen-bond donors (Lipinski definition) is 2. The minimum absolute atomic E-state index is 0.238. The summed E-state index contributed by atoms with van der Waals surface area (Å²) in [4.78, 5) is 24.6. The lowest BCUT2D eigenvalue weighted by Crippen LogP contribution is -2.14. The molecule has 0 aliphatic heterocycles. The molecule has 0 aromatic heterocycles. The largest absolute Gasteiger partial charge is 0.322 e. The van der Waals surface area contributed by atoms with Crippen LogP contribution in [0.15, 0.2) is 72.8 Å². The maximum Gasteiger partial charge on any atom is 0.255 e. The van der Waals surface area contributed by atoms with Crippen molar-refractivity contribution in [1.82, 2.24) is 0 Å². The molecule has 0 fully saturated rings. The van der Waals surface area contributed by atoms with Crippen molar-refractivity contribution in [2.75, 3.05) is 10.6 Å². The fraction of sp³-hybridized carbons (Fsp3) is 0.0455. The van der Waals surface area contributed by atoms with E-state index in [1.165, 1.54) is 0 Å². The molecule has 0 unspecified atom stereocenters. The van der Waals surface area contributed by atoms with Gasteiger partial charge in [-0.25, -0.2) is 0 Å². The summed E-state index contributed by atoms with van der Waals surface area (Å²) in [5, 5.41) is 14.4. The van der Waals surface area contributed by atoms with Crippen LogP contribution in [0.4, 0.5) is 11.4 Å². The number of rotatable bonds is 4. The van der Waals surface area contributed by atoms with Crippen LogP contribution in [0.2, 0.25) is 0 Å². The van der Waals surface area contributed by atoms with Crippen LogP contribution in [-0.2, 0) is 0 Å². The molecule has 0 aliphatic carbocycles. The van der Waals surface area contributed by atoms with Gasteiger partial charge in [-0.2, -0.15) is 5.26 Å². The van der Waals surface area contributed by atoms with E-state index in [0.29, 0.717) is 28.1 Å². The third-order valence-corrected chi connectivity index (χ3v) is 3.99. The van der Waals surface area contributed by atoms with Crippen LogP contribution >= 0.6 is 0 Å². The number of amides is 2. The van der Waals surface area contributed by atoms with Crippen molar-refractivity contribution in [1.29, 1.82) is 5.26 Å². The number of aryl methyl sites for hydroxylation is 1. The Kier molecular flexibility index (Phi) is 5.29. The lowest BCUT2D eigenvalue weighted by Gasteiger charge is -2.08. The maximum atomic E-state index is 12.3. The van der Waals surface area contributed by atoms with Gasteiger partial charge in [0.1, 0.15) is 0 Å². The minimum atomic E-state index is -0.287. The van der Waals surface area contributed by atoms with Gasteiger partial charge in [0.05, 0.1) is 11.6 Å². The first-order valence-electron chi connectivity index (χ1n) is 8.35. The maximum absolute atomic E-state index is 12.3. The Labute approximate surface area is 157 Å². The summed E-state index contributed by atoms with van der Waals surface area (Å²) in [5.74, 6) is -0.525. The van der Waals surface area contributed by atoms with Gasteiger partial charge in [0, 0.05) is 22.5 Å². The van der Waals surface area contributed by atoms with Crippen molar-refractivity contribution >= 4 is 23.2 Å². The van der Waals surface area contributed by atoms with E-state index in [0.717, 1.165) is 5.56 Å². The molecule has 0 bridgehead atoms. The van der Waals surface area contributed by atoms with Crippen LogP contribution in [-0.4, -0.2) is 11.8 Å². The van der Waals surface area contributed by atoms with Gasteiger partial charge in [-0.3, -0.25) is 9.59 Å². The van der Waals surface area contributed by atoms with E-state index in [1.54, 1.807) is 48.5 Å². The highest BCUT2D eigenvalue weighted by Gasteiger charge is 2.10. The van der Waals surface area contributed by atoms with E-state index in [-0.39, 0.29) is 11.8 Å². The summed E-state index contributed by atoms with van der Waals surface area (Å²) in [6.07, 6.45) is 0. The van der Waals surface area contributed by atoms with E-state index in [4.69, 9.17) is 5.26 Å². The topological polar surface area (TPSA) is 82.0 Å². The molecule has 0 radical (unpaired) electrons. The molecule has 0 spiro atoms. The molecule has 0 saturated heterocycles. The molecule has 0 saturated carbocycles. The molecule has 2 amide bonds. The molecule has 0 heterocycles. The van der Waals surface area contributed by atoms with Crippen LogP contribution in [0.25, 0.3) is 0 Å². The number of benzene rings is 3. The average Bonchev–Trinajstić information content (AvgIpc) is 2.70. The Morgan fingerprint density at radius 2 is 1.11 bits per heavy atom. The van der Waals surface area contributed by atoms with E-state index in [2.05, 4.69) is 10.6 Å². The zero-order valence-electron chi connectivity index (χ0n) is 14.7. The normalized spacial score (nSPS) is 9.93. The molecule has 5 nitrogen and oxygen atoms in total. The second-order valence-corrected chi connectivity index (χ2v) is 6.04. The van der Waals surface area contributed by atoms with E-state index in [1.807, 2.05) is 37.3 Å². The van der Waals surface area contributed by atoms with Gasteiger partial charge in [-0.1, -0.05) is 17.7 Å². The summed E-state index contributed by atoms with van der Waals surface area (Å²) in [7, 11) is 0. The molecular formula is C22H17N3O2. The Balaban J connectivity index is 1.65. The van der Waals surface area contributed by atoms with Crippen molar-refractivity contribution in [3.63, 3.8) is 0 Å². The molecule has 3 aromatic rings. The van der Waals surface area contributed by atoms with E-state index in [9.17, 15) is 9.59 Å². The summed E-state index contributed by atoms with van der Waals surface area (Å²) in [5.41, 5.74) is 3.85. The zero-order valence-corrected chi connectivity index (χ0v) is 14.7. The second kappa shape index (κ2) is 7.98. The predicted molar refractivity (Wildman–Crippen MR) is 105 cm³/mol. The second-order valence-electron chi connectivity index (χ2n) is 6.04. The lowest BCUT2D eigenvalue weighted by molar-refractivity contribution is 0.101. The third-order valence-electron chi connectivity index (χ3n) is 3.99. The predicted octanol–water partition coefficient (Wildman–Crippen LogP) is 4.37. The third kappa shape index (κ3) is 4.59. The number of carbonyl (C=O) groups is 2. The highest BCUT2D eigenvalue weighted by atomic mass is 16.2. The minimum Gasteiger partial charge on any atom is -0.322 e. The Morgan fingerprint density at radius 1 is 0.704 bits per heavy atom. The zero-order chi connectivity index (χ0) is 19.2. The molecule has 2 N–H and O–H groups in total. The molecule has 0 aliphatic rings. The number of nitrogens with zero attached hydrogens (tertiary/aromatic N) is 1. The lowest BCUT2D eigenvalue weighted by atomic mass is 10.1. The average molecular weight is 355 g/mol. The van der Waals surface area contributed by atoms with Gasteiger partial charge >= 0.3 is 0 Å². The Bertz CT molecular complexity index is 999. The number of nitrogens with one attached hydrogen (secondary N) is 2. The first kappa shape index (κ1) is 17.9. The van der Waals surface area contributed by atoms with Crippen LogP contribution in [0.5, 0.6) is 0 Å². The SMILES string of the molecule is Cc1ccc(NC(=O)c2ccc(C(=O)Nc3ccc(C#N)cc3)cc2)cc1. The molecule has 3 aromatic carbocycles. The van der Waals surface area contributed by atoms with Crippen LogP contribution in [0.3, 0.4) is 0 Å². The highest BCUT2D eigenvalue weighted by Crippen LogP contribution is 2.14. The van der Waals surface area contributed by atoms with Crippen molar-refractivity contribution in [3.8, 4) is 6.07 Å². The van der Waals surface area contributed by atoms with Crippen molar-refractivity contribution in [2.24, 2.45) is 0 Å². The number of anilines is 2. The fourth-order valence-corrected chi connectivity index (χ4v) is 2.44. The summed E-state index contributed by atoms with van der Waals surface area (Å²) >= 11 is 0. The molecular weight excluding hydrogens is 338 g/mol. The van der Waals surface area contributed by atoms with Crippen LogP contribution in [0.1, 0.15) is 31.8 Å². The first-order valence-corrected chi connectivity index (χ1v) is 8.35. The summed E-state index contributed by atoms with van der Waals surface area (Å²) in [6.45, 7) is 1.98. The highest BCUT2D eigenvalue weighted by molar-refractivity contribution is 6.07. The quantitative estimate of drug-likeness (QED) is 0.729. The van der Waals surface area contributed by atoms with Gasteiger partial charge in [0.25, 0.3) is 11.8 Å². The van der Waals surface area contributed by atoms with Gasteiger partial charge in [-0.05, 0) is 67.6 Å². The van der Waals surface area contributed by atoms with E-state index < -0.39 is 0 Å². The number of nitriles is 1. The van der Waals surface area contributed by atoms with Gasteiger partial charge in [0.2, 0.25) is 0 Å². The number of hydrogen-bond acceptors (Lipinski definition) is 3. The standard InChI is InChI=1S/C22H17N3O2/c1-15-2-10-19(11-3-15)24-21(26)17-6-8-18(9-7-17)22(27)25-20-12-4-16(14-23)5-13-20/h2-13H,1H3,(H,24,26)(H,25,27). The van der Waals surface area contributed by atoms with Gasteiger partial charge in [-0.15, -0.1) is 0 Å². The number of carbonyl (C=O) groups excluding carboxylic acids is 2. The summed E-state index contributed by atoms with van der Waals surface area (Å²) in [6, 6.07) is 22.6. The smallest absolute Gasteiger partial charge is 0.255 e. The van der Waals surface area contributed by atoms with Gasteiger partial charge in [0.15, 0.2) is 0 Å². The monoisotopic (exact) mass is 355 g/mol. The van der Waals surface area contributed by atoms with Crippen LogP contribution in [0, 0.1) is 18.3 Å². The first-order chi connectivity index (χ1) is 13.0. The Morgan fingerprint density at radius 3 is 1.52 bits per heavy atom. The molecule has 132 valence electrons. The molecule has 3 rings (SSSR count). The van der Waals surface area contributed by atoms with Crippen molar-refractivity contribution < 1.29 is 9.59 Å². The summed E-state index contributed by atoms with van der Waals surface area (Å²) < 4.78 is 0. The van der Waals surface area contributed by atoms with Crippen molar-refractivity contribution in [2.45, 2.75) is 6.92 Å². The molecule has 27 heavy (non-hydrogen) atoms. The van der Waals surface area contributed by atoms with E-state index >= 15 is 0 Å². The Hall–Kier alpha value is -3.91. The molecule has 5 heteroatoms.